The molecule has 138 valence electrons. The summed E-state index contributed by atoms with van der Waals surface area (Å²) in [6.45, 7) is -0.609. The number of esters is 1. The lowest BCUT2D eigenvalue weighted by atomic mass is 10.1. The molecule has 10 heteroatoms. The molecule has 0 fully saturated rings. The van der Waals surface area contributed by atoms with Gasteiger partial charge in [-0.2, -0.15) is 0 Å². The van der Waals surface area contributed by atoms with Crippen molar-refractivity contribution in [3.05, 3.63) is 59.5 Å². The van der Waals surface area contributed by atoms with Crippen molar-refractivity contribution in [2.45, 2.75) is 5.75 Å². The number of furan rings is 1. The highest BCUT2D eigenvalue weighted by atomic mass is 32.2. The largest absolute Gasteiger partial charge is 0.459 e. The molecule has 9 nitrogen and oxygen atoms in total. The lowest BCUT2D eigenvalue weighted by Crippen LogP contribution is -2.43. The van der Waals surface area contributed by atoms with Gasteiger partial charge < -0.3 is 9.15 Å². The van der Waals surface area contributed by atoms with Crippen molar-refractivity contribution in [3.8, 4) is 0 Å². The Balaban J connectivity index is 1.78. The maximum atomic E-state index is 11.8. The zero-order valence-electron chi connectivity index (χ0n) is 13.7. The monoisotopic (exact) mass is 380 g/mol. The zero-order chi connectivity index (χ0) is 19.2. The van der Waals surface area contributed by atoms with Gasteiger partial charge in [-0.15, -0.1) is 0 Å². The van der Waals surface area contributed by atoms with Gasteiger partial charge in [0.2, 0.25) is 0 Å². The number of hydrogen-bond acceptors (Lipinski definition) is 7. The average molecular weight is 380 g/mol. The van der Waals surface area contributed by atoms with Crippen molar-refractivity contribution in [2.75, 3.05) is 12.9 Å². The molecule has 2 aromatic rings. The van der Waals surface area contributed by atoms with Crippen molar-refractivity contribution in [1.29, 1.82) is 0 Å². The van der Waals surface area contributed by atoms with Gasteiger partial charge in [0.15, 0.2) is 22.2 Å². The van der Waals surface area contributed by atoms with E-state index >= 15 is 0 Å². The number of rotatable bonds is 6. The van der Waals surface area contributed by atoms with Gasteiger partial charge in [0, 0.05) is 6.26 Å². The molecule has 1 aromatic carbocycles. The highest BCUT2D eigenvalue weighted by molar-refractivity contribution is 7.89. The molecule has 1 heterocycles. The molecule has 0 saturated carbocycles. The van der Waals surface area contributed by atoms with Crippen LogP contribution in [0.1, 0.15) is 26.5 Å². The van der Waals surface area contributed by atoms with Crippen LogP contribution in [0, 0.1) is 0 Å². The topological polar surface area (TPSA) is 132 Å². The maximum absolute atomic E-state index is 11.8. The minimum absolute atomic E-state index is 0.0106. The van der Waals surface area contributed by atoms with E-state index in [2.05, 4.69) is 10.9 Å². The smallest absolute Gasteiger partial charge is 0.338 e. The third-order valence-corrected chi connectivity index (χ3v) is 3.87. The van der Waals surface area contributed by atoms with Gasteiger partial charge in [0.05, 0.1) is 17.6 Å². The summed E-state index contributed by atoms with van der Waals surface area (Å²) >= 11 is 0. The number of hydrogen-bond donors (Lipinski definition) is 2. The molecule has 0 saturated heterocycles. The fraction of sp³-hybridized carbons (Fsp3) is 0.188. The Bertz CT molecular complexity index is 887. The molecular formula is C16H16N2O7S. The summed E-state index contributed by atoms with van der Waals surface area (Å²) in [6, 6.07) is 8.70. The van der Waals surface area contributed by atoms with E-state index in [4.69, 9.17) is 9.15 Å². The second-order valence-electron chi connectivity index (χ2n) is 5.32. The van der Waals surface area contributed by atoms with Crippen LogP contribution in [0.25, 0.3) is 0 Å². The van der Waals surface area contributed by atoms with Crippen LogP contribution in [0.15, 0.2) is 47.1 Å². The van der Waals surface area contributed by atoms with E-state index < -0.39 is 34.2 Å². The summed E-state index contributed by atoms with van der Waals surface area (Å²) < 4.78 is 32.1. The van der Waals surface area contributed by atoms with Gasteiger partial charge in [-0.05, 0) is 29.8 Å². The number of nitrogens with one attached hydrogen (secondary N) is 2. The van der Waals surface area contributed by atoms with Gasteiger partial charge in [-0.25, -0.2) is 13.2 Å². The molecule has 0 radical (unpaired) electrons. The number of benzene rings is 1. The first-order chi connectivity index (χ1) is 12.2. The molecule has 0 aliphatic heterocycles. The van der Waals surface area contributed by atoms with Crippen molar-refractivity contribution in [3.63, 3.8) is 0 Å². The van der Waals surface area contributed by atoms with Crippen LogP contribution in [0.3, 0.4) is 0 Å². The number of amides is 2. The first kappa shape index (κ1) is 19.2. The summed E-state index contributed by atoms with van der Waals surface area (Å²) in [5.74, 6) is -2.29. The van der Waals surface area contributed by atoms with Crippen LogP contribution < -0.4 is 10.9 Å². The van der Waals surface area contributed by atoms with Crippen LogP contribution in [-0.4, -0.2) is 39.1 Å². The van der Waals surface area contributed by atoms with Crippen molar-refractivity contribution < 1.29 is 32.0 Å². The minimum Gasteiger partial charge on any atom is -0.459 e. The second-order valence-corrected chi connectivity index (χ2v) is 7.46. The molecule has 2 rings (SSSR count). The summed E-state index contributed by atoms with van der Waals surface area (Å²) in [5.41, 5.74) is 4.86. The highest BCUT2D eigenvalue weighted by Crippen LogP contribution is 2.09. The fourth-order valence-corrected chi connectivity index (χ4v) is 2.68. The van der Waals surface area contributed by atoms with Gasteiger partial charge in [-0.3, -0.25) is 20.4 Å². The number of carbonyl (C=O) groups is 3. The Morgan fingerprint density at radius 2 is 1.77 bits per heavy atom. The number of sulfone groups is 1. The standard InChI is InChI=1S/C16H16N2O7S/c1-26(22,23)10-11-4-6-12(7-5-11)16(21)25-9-14(19)17-18-15(20)13-3-2-8-24-13/h2-8H,9-10H2,1H3,(H,17,19)(H,18,20). The van der Waals surface area contributed by atoms with Gasteiger partial charge in [-0.1, -0.05) is 12.1 Å². The number of carbonyl (C=O) groups excluding carboxylic acids is 3. The van der Waals surface area contributed by atoms with E-state index in [-0.39, 0.29) is 17.1 Å². The first-order valence-electron chi connectivity index (χ1n) is 7.31. The van der Waals surface area contributed by atoms with E-state index in [1.54, 1.807) is 0 Å². The Morgan fingerprint density at radius 3 is 2.35 bits per heavy atom. The molecule has 2 N–H and O–H groups in total. The van der Waals surface area contributed by atoms with Crippen LogP contribution in [0.5, 0.6) is 0 Å². The molecule has 0 unspecified atom stereocenters. The Hall–Kier alpha value is -3.14. The van der Waals surface area contributed by atoms with Crippen LogP contribution in [-0.2, 0) is 25.1 Å². The molecule has 0 spiro atoms. The predicted molar refractivity (Wildman–Crippen MR) is 89.6 cm³/mol. The van der Waals surface area contributed by atoms with Crippen LogP contribution in [0.4, 0.5) is 0 Å². The summed E-state index contributed by atoms with van der Waals surface area (Å²) in [5, 5.41) is 0. The molecule has 0 atom stereocenters. The SMILES string of the molecule is CS(=O)(=O)Cc1ccc(C(=O)OCC(=O)NNC(=O)c2ccco2)cc1. The average Bonchev–Trinajstić information content (AvgIpc) is 3.11. The third-order valence-electron chi connectivity index (χ3n) is 3.01. The quantitative estimate of drug-likeness (QED) is 0.549. The van der Waals surface area contributed by atoms with Gasteiger partial charge >= 0.3 is 11.9 Å². The van der Waals surface area contributed by atoms with Gasteiger partial charge in [0.1, 0.15) is 0 Å². The molecule has 1 aromatic heterocycles. The number of ether oxygens (including phenoxy) is 1. The molecule has 2 amide bonds. The molecule has 0 bridgehead atoms. The van der Waals surface area contributed by atoms with Crippen LogP contribution in [0.2, 0.25) is 0 Å². The third kappa shape index (κ3) is 6.06. The molecule has 26 heavy (non-hydrogen) atoms. The highest BCUT2D eigenvalue weighted by Gasteiger charge is 2.13. The fourth-order valence-electron chi connectivity index (χ4n) is 1.89. The van der Waals surface area contributed by atoms with E-state index in [1.165, 1.54) is 42.7 Å². The summed E-state index contributed by atoms with van der Waals surface area (Å²) in [6.07, 6.45) is 2.41. The summed E-state index contributed by atoms with van der Waals surface area (Å²) in [4.78, 5) is 34.9. The van der Waals surface area contributed by atoms with Crippen molar-refractivity contribution in [2.24, 2.45) is 0 Å². The normalized spacial score (nSPS) is 10.8. The molecule has 0 aliphatic rings. The second kappa shape index (κ2) is 8.30. The first-order valence-corrected chi connectivity index (χ1v) is 9.37. The molecular weight excluding hydrogens is 364 g/mol. The van der Waals surface area contributed by atoms with Crippen molar-refractivity contribution >= 4 is 27.6 Å². The zero-order valence-corrected chi connectivity index (χ0v) is 14.5. The predicted octanol–water partition coefficient (Wildman–Crippen LogP) is 0.442. The van der Waals surface area contributed by atoms with Crippen LogP contribution >= 0.6 is 0 Å². The van der Waals surface area contributed by atoms with Crippen molar-refractivity contribution in [1.82, 2.24) is 10.9 Å². The maximum Gasteiger partial charge on any atom is 0.338 e. The number of hydrazine groups is 1. The van der Waals surface area contributed by atoms with E-state index in [0.29, 0.717) is 5.56 Å². The van der Waals surface area contributed by atoms with Gasteiger partial charge in [0.25, 0.3) is 5.91 Å². The Labute approximate surface area is 149 Å². The lowest BCUT2D eigenvalue weighted by molar-refractivity contribution is -0.125. The van der Waals surface area contributed by atoms with E-state index in [0.717, 1.165) is 6.26 Å². The molecule has 0 aliphatic carbocycles. The van der Waals surface area contributed by atoms with E-state index in [9.17, 15) is 22.8 Å². The minimum atomic E-state index is -3.17. The lowest BCUT2D eigenvalue weighted by Gasteiger charge is -2.07. The summed E-state index contributed by atoms with van der Waals surface area (Å²) in [7, 11) is -3.17. The van der Waals surface area contributed by atoms with E-state index in [1.807, 2.05) is 0 Å². The Kier molecular flexibility index (Phi) is 6.12. The Morgan fingerprint density at radius 1 is 1.08 bits per heavy atom.